The Hall–Kier alpha value is -1.99. The molecule has 96 valence electrons. The van der Waals surface area contributed by atoms with Crippen LogP contribution in [0, 0.1) is 11.3 Å². The molecule has 1 aromatic carbocycles. The van der Waals surface area contributed by atoms with Crippen LogP contribution < -0.4 is 0 Å². The molecule has 0 fully saturated rings. The fourth-order valence-electron chi connectivity index (χ4n) is 1.75. The van der Waals surface area contributed by atoms with Crippen LogP contribution in [0.5, 0.6) is 0 Å². The van der Waals surface area contributed by atoms with Crippen molar-refractivity contribution < 1.29 is 0 Å². The van der Waals surface area contributed by atoms with Crippen molar-refractivity contribution in [1.29, 1.82) is 5.26 Å². The number of nitriles is 1. The maximum atomic E-state index is 9.29. The highest BCUT2D eigenvalue weighted by Crippen LogP contribution is 2.21. The Morgan fingerprint density at radius 1 is 1.42 bits per heavy atom. The molecule has 3 nitrogen and oxygen atoms in total. The first-order valence-electron chi connectivity index (χ1n) is 6.08. The summed E-state index contributed by atoms with van der Waals surface area (Å²) in [6.07, 6.45) is 3.68. The molecule has 0 N–H and O–H groups in total. The Bertz CT molecular complexity index is 621. The lowest BCUT2D eigenvalue weighted by Crippen LogP contribution is -1.94. The number of nitrogens with zero attached hydrogens (tertiary/aromatic N) is 3. The number of hydrogen-bond donors (Lipinski definition) is 0. The van der Waals surface area contributed by atoms with Crippen molar-refractivity contribution in [2.45, 2.75) is 12.1 Å². The van der Waals surface area contributed by atoms with Gasteiger partial charge in [0.25, 0.3) is 0 Å². The second kappa shape index (κ2) is 6.26. The number of imidazole rings is 1. The third-order valence-electron chi connectivity index (χ3n) is 2.75. The summed E-state index contributed by atoms with van der Waals surface area (Å²) in [4.78, 5) is 4.36. The van der Waals surface area contributed by atoms with E-state index in [9.17, 15) is 5.26 Å². The van der Waals surface area contributed by atoms with Crippen molar-refractivity contribution in [3.8, 4) is 6.07 Å². The molecular formula is C15H15N3S. The van der Waals surface area contributed by atoms with Gasteiger partial charge in [-0.15, -0.1) is 0 Å². The SMILES string of the molecule is CCSc1ncc(/C=C(/C#N)c2ccccc2)n1C. The van der Waals surface area contributed by atoms with Gasteiger partial charge in [-0.3, -0.25) is 0 Å². The predicted molar refractivity (Wildman–Crippen MR) is 79.5 cm³/mol. The van der Waals surface area contributed by atoms with Crippen LogP contribution in [0.15, 0.2) is 41.7 Å². The normalized spacial score (nSPS) is 11.3. The molecule has 0 unspecified atom stereocenters. The van der Waals surface area contributed by atoms with Gasteiger partial charge < -0.3 is 4.57 Å². The summed E-state index contributed by atoms with van der Waals surface area (Å²) in [5.41, 5.74) is 2.52. The molecule has 0 aliphatic heterocycles. The molecule has 0 saturated heterocycles. The maximum absolute atomic E-state index is 9.29. The molecule has 19 heavy (non-hydrogen) atoms. The van der Waals surface area contributed by atoms with E-state index in [1.54, 1.807) is 18.0 Å². The van der Waals surface area contributed by atoms with Gasteiger partial charge in [-0.2, -0.15) is 5.26 Å². The number of thioether (sulfide) groups is 1. The van der Waals surface area contributed by atoms with Gasteiger partial charge >= 0.3 is 0 Å². The van der Waals surface area contributed by atoms with Gasteiger partial charge in [0.15, 0.2) is 5.16 Å². The fraction of sp³-hybridized carbons (Fsp3) is 0.200. The summed E-state index contributed by atoms with van der Waals surface area (Å²) in [5, 5.41) is 10.3. The first-order chi connectivity index (χ1) is 9.26. The molecule has 0 amide bonds. The van der Waals surface area contributed by atoms with Crippen LogP contribution in [-0.2, 0) is 7.05 Å². The monoisotopic (exact) mass is 269 g/mol. The molecule has 2 rings (SSSR count). The quantitative estimate of drug-likeness (QED) is 0.629. The number of hydrogen-bond acceptors (Lipinski definition) is 3. The lowest BCUT2D eigenvalue weighted by atomic mass is 10.1. The Kier molecular flexibility index (Phi) is 4.43. The number of aromatic nitrogens is 2. The van der Waals surface area contributed by atoms with Crippen molar-refractivity contribution >= 4 is 23.4 Å². The lowest BCUT2D eigenvalue weighted by molar-refractivity contribution is 0.783. The molecule has 0 spiro atoms. The Morgan fingerprint density at radius 3 is 2.79 bits per heavy atom. The van der Waals surface area contributed by atoms with Crippen LogP contribution >= 0.6 is 11.8 Å². The average Bonchev–Trinajstić information content (AvgIpc) is 2.79. The van der Waals surface area contributed by atoms with Crippen LogP contribution in [0.4, 0.5) is 0 Å². The first-order valence-corrected chi connectivity index (χ1v) is 7.06. The topological polar surface area (TPSA) is 41.6 Å². The van der Waals surface area contributed by atoms with E-state index in [0.717, 1.165) is 22.2 Å². The molecule has 0 saturated carbocycles. The molecule has 0 aliphatic rings. The van der Waals surface area contributed by atoms with Crippen molar-refractivity contribution in [3.05, 3.63) is 47.8 Å². The second-order valence-corrected chi connectivity index (χ2v) is 5.22. The molecular weight excluding hydrogens is 254 g/mol. The van der Waals surface area contributed by atoms with E-state index < -0.39 is 0 Å². The number of benzene rings is 1. The first kappa shape index (κ1) is 13.4. The third-order valence-corrected chi connectivity index (χ3v) is 3.68. The van der Waals surface area contributed by atoms with E-state index in [-0.39, 0.29) is 0 Å². The van der Waals surface area contributed by atoms with Gasteiger partial charge in [0, 0.05) is 7.05 Å². The molecule has 4 heteroatoms. The van der Waals surface area contributed by atoms with Crippen molar-refractivity contribution in [2.75, 3.05) is 5.75 Å². The van der Waals surface area contributed by atoms with Crippen LogP contribution in [-0.4, -0.2) is 15.3 Å². The van der Waals surface area contributed by atoms with Gasteiger partial charge in [-0.05, 0) is 17.4 Å². The minimum Gasteiger partial charge on any atom is -0.323 e. The van der Waals surface area contributed by atoms with E-state index in [4.69, 9.17) is 0 Å². The predicted octanol–water partition coefficient (Wildman–Crippen LogP) is 3.60. The maximum Gasteiger partial charge on any atom is 0.168 e. The molecule has 1 heterocycles. The van der Waals surface area contributed by atoms with E-state index >= 15 is 0 Å². The van der Waals surface area contributed by atoms with E-state index in [1.807, 2.05) is 48.0 Å². The van der Waals surface area contributed by atoms with Crippen LogP contribution in [0.2, 0.25) is 0 Å². The summed E-state index contributed by atoms with van der Waals surface area (Å²) >= 11 is 1.69. The summed E-state index contributed by atoms with van der Waals surface area (Å²) in [6, 6.07) is 11.9. The van der Waals surface area contributed by atoms with E-state index in [1.165, 1.54) is 0 Å². The van der Waals surface area contributed by atoms with Gasteiger partial charge in [-0.1, -0.05) is 49.0 Å². The minimum atomic E-state index is 0.650. The summed E-state index contributed by atoms with van der Waals surface area (Å²) in [6.45, 7) is 2.10. The minimum absolute atomic E-state index is 0.650. The zero-order chi connectivity index (χ0) is 13.7. The Labute approximate surface area is 117 Å². The van der Waals surface area contributed by atoms with E-state index in [0.29, 0.717) is 5.57 Å². The number of rotatable bonds is 4. The Morgan fingerprint density at radius 2 is 2.16 bits per heavy atom. The largest absolute Gasteiger partial charge is 0.323 e. The summed E-state index contributed by atoms with van der Waals surface area (Å²) < 4.78 is 2.01. The van der Waals surface area contributed by atoms with Crippen LogP contribution in [0.25, 0.3) is 11.6 Å². The van der Waals surface area contributed by atoms with E-state index in [2.05, 4.69) is 18.0 Å². The lowest BCUT2D eigenvalue weighted by Gasteiger charge is -2.02. The zero-order valence-corrected chi connectivity index (χ0v) is 11.8. The molecule has 0 atom stereocenters. The zero-order valence-electron chi connectivity index (χ0n) is 11.0. The smallest absolute Gasteiger partial charge is 0.168 e. The number of allylic oxidation sites excluding steroid dienone is 1. The molecule has 2 aromatic rings. The Balaban J connectivity index is 2.37. The highest BCUT2D eigenvalue weighted by molar-refractivity contribution is 7.99. The molecule has 0 bridgehead atoms. The molecule has 0 aliphatic carbocycles. The average molecular weight is 269 g/mol. The van der Waals surface area contributed by atoms with Gasteiger partial charge in [-0.25, -0.2) is 4.98 Å². The highest BCUT2D eigenvalue weighted by atomic mass is 32.2. The van der Waals surface area contributed by atoms with Crippen molar-refractivity contribution in [1.82, 2.24) is 9.55 Å². The summed E-state index contributed by atoms with van der Waals surface area (Å²) in [5.74, 6) is 0.984. The molecule has 1 aromatic heterocycles. The van der Waals surface area contributed by atoms with Crippen LogP contribution in [0.1, 0.15) is 18.2 Å². The van der Waals surface area contributed by atoms with Crippen LogP contribution in [0.3, 0.4) is 0 Å². The summed E-state index contributed by atoms with van der Waals surface area (Å²) in [7, 11) is 1.97. The fourth-order valence-corrected chi connectivity index (χ4v) is 2.43. The van der Waals surface area contributed by atoms with Crippen molar-refractivity contribution in [2.24, 2.45) is 7.05 Å². The highest BCUT2D eigenvalue weighted by Gasteiger charge is 2.06. The van der Waals surface area contributed by atoms with Gasteiger partial charge in [0.05, 0.1) is 23.5 Å². The molecule has 0 radical (unpaired) electrons. The van der Waals surface area contributed by atoms with Gasteiger partial charge in [0.2, 0.25) is 0 Å². The second-order valence-electron chi connectivity index (χ2n) is 3.99. The van der Waals surface area contributed by atoms with Gasteiger partial charge in [0.1, 0.15) is 0 Å². The third kappa shape index (κ3) is 3.07. The van der Waals surface area contributed by atoms with Crippen molar-refractivity contribution in [3.63, 3.8) is 0 Å². The standard InChI is InChI=1S/C15H15N3S/c1-3-19-15-17-11-14(18(15)2)9-13(10-16)12-7-5-4-6-8-12/h4-9,11H,3H2,1-2H3/b13-9-.